The number of aromatic nitrogens is 5. The number of nitrogens with one attached hydrogen (secondary N) is 1. The maximum Gasteiger partial charge on any atom is 0.138 e. The molecule has 0 unspecified atom stereocenters. The zero-order valence-electron chi connectivity index (χ0n) is 10.8. The zero-order valence-corrected chi connectivity index (χ0v) is 10.8. The van der Waals surface area contributed by atoms with Crippen molar-refractivity contribution in [3.05, 3.63) is 36.8 Å². The van der Waals surface area contributed by atoms with Crippen LogP contribution < -0.4 is 5.73 Å². The SMILES string of the molecule is Cn1ccc(-c2cnc3[nH]c4cnc(N)cc4c3c2)n1. The van der Waals surface area contributed by atoms with Gasteiger partial charge in [0.05, 0.1) is 17.4 Å². The van der Waals surface area contributed by atoms with E-state index in [1.54, 1.807) is 10.9 Å². The molecule has 0 aromatic carbocycles. The molecule has 0 amide bonds. The van der Waals surface area contributed by atoms with Crippen LogP contribution in [0.1, 0.15) is 0 Å². The monoisotopic (exact) mass is 264 g/mol. The zero-order chi connectivity index (χ0) is 13.7. The predicted octanol–water partition coefficient (Wildman–Crippen LogP) is 2.09. The lowest BCUT2D eigenvalue weighted by molar-refractivity contribution is 0.771. The molecule has 3 N–H and O–H groups in total. The Hall–Kier alpha value is -2.89. The van der Waals surface area contributed by atoms with E-state index in [0.29, 0.717) is 5.82 Å². The first kappa shape index (κ1) is 11.0. The fourth-order valence-corrected chi connectivity index (χ4v) is 2.40. The normalized spacial score (nSPS) is 11.4. The molecule has 0 radical (unpaired) electrons. The van der Waals surface area contributed by atoms with Crippen molar-refractivity contribution in [2.24, 2.45) is 7.05 Å². The molecule has 4 aromatic rings. The van der Waals surface area contributed by atoms with Crippen LogP contribution in [0.2, 0.25) is 0 Å². The standard InChI is InChI=1S/C14H12N6/c1-20-3-2-11(19-20)8-4-10-9-5-13(15)16-7-12(9)18-14(10)17-6-8/h2-7H,1H3,(H2,15,16)(H,17,18). The van der Waals surface area contributed by atoms with Crippen molar-refractivity contribution in [2.45, 2.75) is 0 Å². The van der Waals surface area contributed by atoms with Gasteiger partial charge in [-0.3, -0.25) is 4.68 Å². The minimum Gasteiger partial charge on any atom is -0.384 e. The number of fused-ring (bicyclic) bond motifs is 3. The Kier molecular flexibility index (Phi) is 2.09. The summed E-state index contributed by atoms with van der Waals surface area (Å²) in [4.78, 5) is 11.8. The Morgan fingerprint density at radius 2 is 2.05 bits per heavy atom. The second kappa shape index (κ2) is 3.80. The Balaban J connectivity index is 2.02. The van der Waals surface area contributed by atoms with E-state index < -0.39 is 0 Å². The van der Waals surface area contributed by atoms with Crippen LogP contribution in [0, 0.1) is 0 Å². The first-order valence-electron chi connectivity index (χ1n) is 6.24. The number of nitrogens with zero attached hydrogens (tertiary/aromatic N) is 4. The van der Waals surface area contributed by atoms with E-state index in [2.05, 4.69) is 26.1 Å². The van der Waals surface area contributed by atoms with Crippen LogP contribution in [0.15, 0.2) is 36.8 Å². The second-order valence-corrected chi connectivity index (χ2v) is 4.77. The summed E-state index contributed by atoms with van der Waals surface area (Å²) in [6.07, 6.45) is 5.46. The maximum absolute atomic E-state index is 5.77. The summed E-state index contributed by atoms with van der Waals surface area (Å²) in [5.41, 5.74) is 9.40. The predicted molar refractivity (Wildman–Crippen MR) is 78.0 cm³/mol. The Bertz CT molecular complexity index is 933. The van der Waals surface area contributed by atoms with Crippen molar-refractivity contribution in [2.75, 3.05) is 5.73 Å². The molecule has 6 nitrogen and oxygen atoms in total. The van der Waals surface area contributed by atoms with Crippen molar-refractivity contribution in [1.82, 2.24) is 24.7 Å². The second-order valence-electron chi connectivity index (χ2n) is 4.77. The van der Waals surface area contributed by atoms with Gasteiger partial charge in [-0.25, -0.2) is 9.97 Å². The molecule has 4 rings (SSSR count). The summed E-state index contributed by atoms with van der Waals surface area (Å²) in [5, 5.41) is 6.45. The molecule has 0 atom stereocenters. The lowest BCUT2D eigenvalue weighted by Crippen LogP contribution is -1.88. The summed E-state index contributed by atoms with van der Waals surface area (Å²) >= 11 is 0. The highest BCUT2D eigenvalue weighted by Crippen LogP contribution is 2.28. The molecular weight excluding hydrogens is 252 g/mol. The quantitative estimate of drug-likeness (QED) is 0.551. The van der Waals surface area contributed by atoms with E-state index in [-0.39, 0.29) is 0 Å². The molecule has 0 saturated heterocycles. The number of pyridine rings is 2. The molecule has 0 aliphatic carbocycles. The fraction of sp³-hybridized carbons (Fsp3) is 0.0714. The largest absolute Gasteiger partial charge is 0.384 e. The Labute approximate surface area is 114 Å². The van der Waals surface area contributed by atoms with Gasteiger partial charge in [0.25, 0.3) is 0 Å². The van der Waals surface area contributed by atoms with Gasteiger partial charge in [-0.05, 0) is 18.2 Å². The molecule has 4 heterocycles. The van der Waals surface area contributed by atoms with E-state index in [0.717, 1.165) is 33.2 Å². The number of nitrogen functional groups attached to an aromatic ring is 1. The topological polar surface area (TPSA) is 85.4 Å². The molecule has 0 aliphatic heterocycles. The number of H-pyrrole nitrogens is 1. The van der Waals surface area contributed by atoms with Crippen LogP contribution in [0.3, 0.4) is 0 Å². The van der Waals surface area contributed by atoms with Crippen molar-refractivity contribution in [3.63, 3.8) is 0 Å². The van der Waals surface area contributed by atoms with Gasteiger partial charge in [0, 0.05) is 35.8 Å². The van der Waals surface area contributed by atoms with E-state index in [4.69, 9.17) is 5.73 Å². The summed E-state index contributed by atoms with van der Waals surface area (Å²) in [6.45, 7) is 0. The highest BCUT2D eigenvalue weighted by Gasteiger charge is 2.09. The number of hydrogen-bond acceptors (Lipinski definition) is 4. The molecule has 20 heavy (non-hydrogen) atoms. The highest BCUT2D eigenvalue weighted by atomic mass is 15.2. The number of aryl methyl sites for hydroxylation is 1. The van der Waals surface area contributed by atoms with Crippen molar-refractivity contribution in [1.29, 1.82) is 0 Å². The Morgan fingerprint density at radius 3 is 2.85 bits per heavy atom. The van der Waals surface area contributed by atoms with Crippen molar-refractivity contribution < 1.29 is 0 Å². The van der Waals surface area contributed by atoms with Gasteiger partial charge in [0.15, 0.2) is 0 Å². The van der Waals surface area contributed by atoms with Crippen LogP contribution in [0.5, 0.6) is 0 Å². The smallest absolute Gasteiger partial charge is 0.138 e. The molecule has 0 saturated carbocycles. The summed E-state index contributed by atoms with van der Waals surface area (Å²) in [6, 6.07) is 5.90. The molecule has 0 aliphatic rings. The van der Waals surface area contributed by atoms with Gasteiger partial charge >= 0.3 is 0 Å². The first-order valence-corrected chi connectivity index (χ1v) is 6.24. The van der Waals surface area contributed by atoms with E-state index in [1.807, 2.05) is 31.6 Å². The highest BCUT2D eigenvalue weighted by molar-refractivity contribution is 6.07. The maximum atomic E-state index is 5.77. The summed E-state index contributed by atoms with van der Waals surface area (Å²) < 4.78 is 1.77. The third-order valence-corrected chi connectivity index (χ3v) is 3.37. The third-order valence-electron chi connectivity index (χ3n) is 3.37. The van der Waals surface area contributed by atoms with Crippen LogP contribution >= 0.6 is 0 Å². The summed E-state index contributed by atoms with van der Waals surface area (Å²) in [5.74, 6) is 0.502. The van der Waals surface area contributed by atoms with E-state index >= 15 is 0 Å². The van der Waals surface area contributed by atoms with Crippen LogP contribution in [0.25, 0.3) is 33.2 Å². The van der Waals surface area contributed by atoms with Gasteiger partial charge in [-0.1, -0.05) is 0 Å². The van der Waals surface area contributed by atoms with Gasteiger partial charge < -0.3 is 10.7 Å². The lowest BCUT2D eigenvalue weighted by Gasteiger charge is -1.97. The van der Waals surface area contributed by atoms with E-state index in [1.165, 1.54) is 0 Å². The minimum absolute atomic E-state index is 0.502. The average Bonchev–Trinajstić information content (AvgIpc) is 3.02. The molecule has 0 spiro atoms. The molecule has 98 valence electrons. The summed E-state index contributed by atoms with van der Waals surface area (Å²) in [7, 11) is 1.90. The minimum atomic E-state index is 0.502. The van der Waals surface area contributed by atoms with Gasteiger partial charge in [0.2, 0.25) is 0 Å². The number of aromatic amines is 1. The van der Waals surface area contributed by atoms with E-state index in [9.17, 15) is 0 Å². The molecule has 6 heteroatoms. The molecule has 0 fully saturated rings. The average molecular weight is 264 g/mol. The van der Waals surface area contributed by atoms with Crippen LogP contribution in [0.4, 0.5) is 5.82 Å². The molecule has 0 bridgehead atoms. The number of anilines is 1. The molecular formula is C14H12N6. The van der Waals surface area contributed by atoms with Crippen LogP contribution in [-0.2, 0) is 7.05 Å². The van der Waals surface area contributed by atoms with Crippen molar-refractivity contribution in [3.8, 4) is 11.3 Å². The third kappa shape index (κ3) is 1.55. The van der Waals surface area contributed by atoms with Gasteiger partial charge in [-0.15, -0.1) is 0 Å². The fourth-order valence-electron chi connectivity index (χ4n) is 2.40. The van der Waals surface area contributed by atoms with Gasteiger partial charge in [-0.2, -0.15) is 5.10 Å². The van der Waals surface area contributed by atoms with Crippen molar-refractivity contribution >= 4 is 27.8 Å². The van der Waals surface area contributed by atoms with Gasteiger partial charge in [0.1, 0.15) is 11.5 Å². The Morgan fingerprint density at radius 1 is 1.15 bits per heavy atom. The number of rotatable bonds is 1. The van der Waals surface area contributed by atoms with Crippen LogP contribution in [-0.4, -0.2) is 24.7 Å². The lowest BCUT2D eigenvalue weighted by atomic mass is 10.1. The molecule has 4 aromatic heterocycles. The number of hydrogen-bond donors (Lipinski definition) is 2. The first-order chi connectivity index (χ1) is 9.70. The number of nitrogens with two attached hydrogens (primary N) is 1.